The van der Waals surface area contributed by atoms with Crippen molar-refractivity contribution in [1.82, 2.24) is 0 Å². The summed E-state index contributed by atoms with van der Waals surface area (Å²) >= 11 is 0. The van der Waals surface area contributed by atoms with Crippen LogP contribution < -0.4 is 0 Å². The highest BCUT2D eigenvalue weighted by molar-refractivity contribution is 5.61. The van der Waals surface area contributed by atoms with Crippen LogP contribution in [0.4, 0.5) is 0 Å². The van der Waals surface area contributed by atoms with E-state index in [9.17, 15) is 4.79 Å². The van der Waals surface area contributed by atoms with Crippen molar-refractivity contribution in [3.63, 3.8) is 0 Å². The Morgan fingerprint density at radius 3 is 2.45 bits per heavy atom. The van der Waals surface area contributed by atoms with E-state index in [4.69, 9.17) is 4.74 Å². The van der Waals surface area contributed by atoms with Gasteiger partial charge < -0.3 is 9.53 Å². The molecule has 1 rings (SSSR count). The Morgan fingerprint density at radius 2 is 2.27 bits per heavy atom. The SMILES string of the molecule is CCC1(C=O)CC(C)OC1C. The van der Waals surface area contributed by atoms with E-state index in [2.05, 4.69) is 0 Å². The Kier molecular flexibility index (Phi) is 2.33. The quantitative estimate of drug-likeness (QED) is 0.570. The molecule has 3 unspecified atom stereocenters. The predicted molar refractivity (Wildman–Crippen MR) is 43.4 cm³/mol. The molecule has 0 aliphatic carbocycles. The standard InChI is InChI=1S/C9H16O2/c1-4-9(6-10)5-7(2)11-8(9)3/h6-8H,4-5H2,1-3H3. The van der Waals surface area contributed by atoms with Gasteiger partial charge in [0.05, 0.1) is 17.6 Å². The molecule has 11 heavy (non-hydrogen) atoms. The third kappa shape index (κ3) is 1.32. The van der Waals surface area contributed by atoms with E-state index in [1.807, 2.05) is 20.8 Å². The second kappa shape index (κ2) is 2.94. The first-order valence-electron chi connectivity index (χ1n) is 4.26. The van der Waals surface area contributed by atoms with Crippen LogP contribution in [0, 0.1) is 5.41 Å². The number of aldehydes is 1. The lowest BCUT2D eigenvalue weighted by Gasteiger charge is -2.23. The Hall–Kier alpha value is -0.370. The van der Waals surface area contributed by atoms with Crippen LogP contribution >= 0.6 is 0 Å². The maximum Gasteiger partial charge on any atom is 0.128 e. The van der Waals surface area contributed by atoms with E-state index in [1.165, 1.54) is 0 Å². The number of hydrogen-bond donors (Lipinski definition) is 0. The minimum absolute atomic E-state index is 0.0972. The lowest BCUT2D eigenvalue weighted by molar-refractivity contribution is -0.118. The zero-order valence-corrected chi connectivity index (χ0v) is 7.46. The highest BCUT2D eigenvalue weighted by Gasteiger charge is 2.43. The lowest BCUT2D eigenvalue weighted by atomic mass is 9.80. The summed E-state index contributed by atoms with van der Waals surface area (Å²) in [6.07, 6.45) is 3.19. The number of rotatable bonds is 2. The molecule has 0 aromatic carbocycles. The molecule has 0 bridgehead atoms. The van der Waals surface area contributed by atoms with E-state index in [0.29, 0.717) is 0 Å². The summed E-state index contributed by atoms with van der Waals surface area (Å²) < 4.78 is 5.53. The largest absolute Gasteiger partial charge is 0.374 e. The van der Waals surface area contributed by atoms with Crippen LogP contribution in [0.15, 0.2) is 0 Å². The number of ether oxygens (including phenoxy) is 1. The van der Waals surface area contributed by atoms with Crippen LogP contribution in [0.3, 0.4) is 0 Å². The first-order chi connectivity index (χ1) is 5.14. The van der Waals surface area contributed by atoms with E-state index >= 15 is 0 Å². The molecule has 1 heterocycles. The van der Waals surface area contributed by atoms with Gasteiger partial charge in [0.15, 0.2) is 0 Å². The maximum absolute atomic E-state index is 10.8. The van der Waals surface area contributed by atoms with Crippen LogP contribution in [-0.2, 0) is 9.53 Å². The fourth-order valence-corrected chi connectivity index (χ4v) is 1.89. The minimum atomic E-state index is -0.195. The fourth-order valence-electron chi connectivity index (χ4n) is 1.89. The van der Waals surface area contributed by atoms with Gasteiger partial charge in [-0.2, -0.15) is 0 Å². The van der Waals surface area contributed by atoms with Gasteiger partial charge >= 0.3 is 0 Å². The Morgan fingerprint density at radius 1 is 1.64 bits per heavy atom. The maximum atomic E-state index is 10.8. The second-order valence-electron chi connectivity index (χ2n) is 3.50. The molecule has 2 nitrogen and oxygen atoms in total. The molecule has 0 radical (unpaired) electrons. The average molecular weight is 156 g/mol. The van der Waals surface area contributed by atoms with Crippen molar-refractivity contribution in [3.05, 3.63) is 0 Å². The van der Waals surface area contributed by atoms with E-state index in [1.54, 1.807) is 0 Å². The molecule has 2 heteroatoms. The summed E-state index contributed by atoms with van der Waals surface area (Å²) in [6, 6.07) is 0. The van der Waals surface area contributed by atoms with Gasteiger partial charge in [-0.1, -0.05) is 6.92 Å². The highest BCUT2D eigenvalue weighted by Crippen LogP contribution is 2.39. The van der Waals surface area contributed by atoms with Crippen LogP contribution in [-0.4, -0.2) is 18.5 Å². The molecule has 1 fully saturated rings. The molecule has 0 aromatic heterocycles. The van der Waals surface area contributed by atoms with Crippen molar-refractivity contribution in [2.45, 2.75) is 45.8 Å². The fraction of sp³-hybridized carbons (Fsp3) is 0.889. The summed E-state index contributed by atoms with van der Waals surface area (Å²) in [4.78, 5) is 10.8. The molecule has 0 N–H and O–H groups in total. The predicted octanol–water partition coefficient (Wildman–Crippen LogP) is 1.78. The molecule has 0 spiro atoms. The molecule has 0 aromatic rings. The summed E-state index contributed by atoms with van der Waals surface area (Å²) in [5, 5.41) is 0. The summed E-state index contributed by atoms with van der Waals surface area (Å²) in [5.41, 5.74) is -0.195. The molecule has 1 aliphatic rings. The van der Waals surface area contributed by atoms with Crippen molar-refractivity contribution >= 4 is 6.29 Å². The minimum Gasteiger partial charge on any atom is -0.374 e. The number of carbonyl (C=O) groups excluding carboxylic acids is 1. The van der Waals surface area contributed by atoms with Crippen molar-refractivity contribution in [2.24, 2.45) is 5.41 Å². The van der Waals surface area contributed by atoms with Gasteiger partial charge in [0.2, 0.25) is 0 Å². The molecular weight excluding hydrogens is 140 g/mol. The molecular formula is C9H16O2. The summed E-state index contributed by atoms with van der Waals surface area (Å²) in [5.74, 6) is 0. The van der Waals surface area contributed by atoms with Gasteiger partial charge in [-0.15, -0.1) is 0 Å². The summed E-state index contributed by atoms with van der Waals surface area (Å²) in [6.45, 7) is 6.06. The molecule has 3 atom stereocenters. The first kappa shape index (κ1) is 8.72. The second-order valence-corrected chi connectivity index (χ2v) is 3.50. The van der Waals surface area contributed by atoms with Crippen molar-refractivity contribution < 1.29 is 9.53 Å². The zero-order valence-electron chi connectivity index (χ0n) is 7.46. The van der Waals surface area contributed by atoms with Gasteiger partial charge in [0.1, 0.15) is 6.29 Å². The van der Waals surface area contributed by atoms with Crippen LogP contribution in [0.2, 0.25) is 0 Å². The van der Waals surface area contributed by atoms with Crippen molar-refractivity contribution in [1.29, 1.82) is 0 Å². The van der Waals surface area contributed by atoms with Crippen molar-refractivity contribution in [3.8, 4) is 0 Å². The Labute approximate surface area is 67.9 Å². The highest BCUT2D eigenvalue weighted by atomic mass is 16.5. The molecule has 1 aliphatic heterocycles. The number of carbonyl (C=O) groups is 1. The lowest BCUT2D eigenvalue weighted by Crippen LogP contribution is -2.29. The topological polar surface area (TPSA) is 26.3 Å². The van der Waals surface area contributed by atoms with Crippen LogP contribution in [0.1, 0.15) is 33.6 Å². The van der Waals surface area contributed by atoms with E-state index < -0.39 is 0 Å². The van der Waals surface area contributed by atoms with Gasteiger partial charge in [-0.3, -0.25) is 0 Å². The normalized spacial score (nSPS) is 44.3. The van der Waals surface area contributed by atoms with E-state index in [-0.39, 0.29) is 17.6 Å². The molecule has 0 amide bonds. The van der Waals surface area contributed by atoms with Crippen LogP contribution in [0.25, 0.3) is 0 Å². The molecule has 0 saturated carbocycles. The van der Waals surface area contributed by atoms with Crippen LogP contribution in [0.5, 0.6) is 0 Å². The Bertz CT molecular complexity index is 156. The third-order valence-electron chi connectivity index (χ3n) is 2.81. The Balaban J connectivity index is 2.75. The van der Waals surface area contributed by atoms with E-state index in [0.717, 1.165) is 19.1 Å². The van der Waals surface area contributed by atoms with Gasteiger partial charge in [0.25, 0.3) is 0 Å². The average Bonchev–Trinajstić information content (AvgIpc) is 2.27. The zero-order chi connectivity index (χ0) is 8.48. The monoisotopic (exact) mass is 156 g/mol. The van der Waals surface area contributed by atoms with Crippen molar-refractivity contribution in [2.75, 3.05) is 0 Å². The summed E-state index contributed by atoms with van der Waals surface area (Å²) in [7, 11) is 0. The smallest absolute Gasteiger partial charge is 0.128 e. The number of hydrogen-bond acceptors (Lipinski definition) is 2. The molecule has 1 saturated heterocycles. The first-order valence-corrected chi connectivity index (χ1v) is 4.26. The van der Waals surface area contributed by atoms with Gasteiger partial charge in [-0.05, 0) is 26.7 Å². The van der Waals surface area contributed by atoms with Gasteiger partial charge in [-0.25, -0.2) is 0 Å². The third-order valence-corrected chi connectivity index (χ3v) is 2.81. The van der Waals surface area contributed by atoms with Gasteiger partial charge in [0, 0.05) is 0 Å². The molecule has 64 valence electrons.